The van der Waals surface area contributed by atoms with Crippen molar-refractivity contribution in [2.24, 2.45) is 0 Å². The first kappa shape index (κ1) is 18.3. The number of imidazole rings is 1. The number of aromatic nitrogens is 3. The fourth-order valence-electron chi connectivity index (χ4n) is 3.69. The van der Waals surface area contributed by atoms with E-state index < -0.39 is 0 Å². The number of nitrogens with zero attached hydrogens (tertiary/aromatic N) is 2. The highest BCUT2D eigenvalue weighted by molar-refractivity contribution is 7.71. The van der Waals surface area contributed by atoms with Crippen LogP contribution in [0.3, 0.4) is 0 Å². The standard InChI is InChI=1S/C23H18N4O2S/c1-29-20-9-5-2-6-15(20)13-24-22(28)14-10-11-16-18(12-14)26-23(30)27-19-8-4-3-7-17(19)25-21(16)27/h2-12H,13H2,1H3,(H,24,28)(H,26,30). The lowest BCUT2D eigenvalue weighted by Gasteiger charge is -2.10. The van der Waals surface area contributed by atoms with E-state index in [2.05, 4.69) is 10.3 Å². The van der Waals surface area contributed by atoms with E-state index in [9.17, 15) is 4.79 Å². The minimum Gasteiger partial charge on any atom is -0.496 e. The molecule has 0 atom stereocenters. The smallest absolute Gasteiger partial charge is 0.251 e. The van der Waals surface area contributed by atoms with Crippen LogP contribution in [0.5, 0.6) is 5.75 Å². The molecular weight excluding hydrogens is 396 g/mol. The number of aromatic amines is 1. The summed E-state index contributed by atoms with van der Waals surface area (Å²) in [6.45, 7) is 0.377. The highest BCUT2D eigenvalue weighted by Gasteiger charge is 2.13. The molecule has 0 spiro atoms. The quantitative estimate of drug-likeness (QED) is 0.421. The molecule has 0 saturated carbocycles. The van der Waals surface area contributed by atoms with Crippen molar-refractivity contribution in [3.8, 4) is 5.75 Å². The van der Waals surface area contributed by atoms with E-state index in [4.69, 9.17) is 21.9 Å². The Morgan fingerprint density at radius 3 is 2.80 bits per heavy atom. The predicted octanol–water partition coefficient (Wildman–Crippen LogP) is 4.64. The zero-order valence-electron chi connectivity index (χ0n) is 16.2. The third-order valence-electron chi connectivity index (χ3n) is 5.16. The molecular formula is C23H18N4O2S. The second-order valence-electron chi connectivity index (χ2n) is 6.94. The van der Waals surface area contributed by atoms with Gasteiger partial charge in [0.05, 0.1) is 23.7 Å². The van der Waals surface area contributed by atoms with Crippen LogP contribution in [0.15, 0.2) is 66.7 Å². The number of carbonyl (C=O) groups excluding carboxylic acids is 1. The number of para-hydroxylation sites is 3. The van der Waals surface area contributed by atoms with Crippen molar-refractivity contribution < 1.29 is 9.53 Å². The number of rotatable bonds is 4. The molecule has 30 heavy (non-hydrogen) atoms. The number of hydrogen-bond donors (Lipinski definition) is 2. The fraction of sp³-hybridized carbons (Fsp3) is 0.0870. The van der Waals surface area contributed by atoms with Gasteiger partial charge < -0.3 is 15.0 Å². The third kappa shape index (κ3) is 3.00. The van der Waals surface area contributed by atoms with Crippen LogP contribution < -0.4 is 10.1 Å². The fourth-order valence-corrected chi connectivity index (χ4v) is 3.99. The lowest BCUT2D eigenvalue weighted by Crippen LogP contribution is -2.23. The molecule has 5 rings (SSSR count). The number of benzene rings is 3. The van der Waals surface area contributed by atoms with Gasteiger partial charge in [0.15, 0.2) is 4.77 Å². The number of amides is 1. The number of hydrogen-bond acceptors (Lipinski definition) is 4. The summed E-state index contributed by atoms with van der Waals surface area (Å²) >= 11 is 5.57. The summed E-state index contributed by atoms with van der Waals surface area (Å²) in [6.07, 6.45) is 0. The first-order valence-corrected chi connectivity index (χ1v) is 9.90. The summed E-state index contributed by atoms with van der Waals surface area (Å²) in [5.41, 5.74) is 4.84. The molecule has 2 aromatic heterocycles. The maximum absolute atomic E-state index is 12.7. The van der Waals surface area contributed by atoms with Crippen LogP contribution >= 0.6 is 12.2 Å². The largest absolute Gasteiger partial charge is 0.496 e. The van der Waals surface area contributed by atoms with Gasteiger partial charge in [-0.3, -0.25) is 9.20 Å². The van der Waals surface area contributed by atoms with Gasteiger partial charge in [0.2, 0.25) is 0 Å². The molecule has 0 aliphatic rings. The SMILES string of the molecule is COc1ccccc1CNC(=O)c1ccc2c(c1)[nH]c(=S)n1c3ccccc3nc21. The molecule has 0 unspecified atom stereocenters. The summed E-state index contributed by atoms with van der Waals surface area (Å²) in [5.74, 6) is 0.574. The van der Waals surface area contributed by atoms with Gasteiger partial charge >= 0.3 is 0 Å². The first-order valence-electron chi connectivity index (χ1n) is 9.49. The second kappa shape index (κ2) is 7.27. The van der Waals surface area contributed by atoms with Crippen LogP contribution in [-0.2, 0) is 6.54 Å². The summed E-state index contributed by atoms with van der Waals surface area (Å²) in [4.78, 5) is 20.7. The van der Waals surface area contributed by atoms with E-state index in [1.807, 2.05) is 65.1 Å². The second-order valence-corrected chi connectivity index (χ2v) is 7.33. The Labute approximate surface area is 177 Å². The molecule has 0 bridgehead atoms. The topological polar surface area (TPSA) is 71.4 Å². The molecule has 2 heterocycles. The van der Waals surface area contributed by atoms with Gasteiger partial charge in [0, 0.05) is 23.1 Å². The molecule has 2 N–H and O–H groups in total. The molecule has 3 aromatic carbocycles. The van der Waals surface area contributed by atoms with Crippen molar-refractivity contribution in [3.63, 3.8) is 0 Å². The minimum atomic E-state index is -0.171. The van der Waals surface area contributed by atoms with Crippen molar-refractivity contribution in [2.75, 3.05) is 7.11 Å². The van der Waals surface area contributed by atoms with Gasteiger partial charge in [-0.1, -0.05) is 30.3 Å². The number of ether oxygens (including phenoxy) is 1. The zero-order chi connectivity index (χ0) is 20.7. The maximum Gasteiger partial charge on any atom is 0.251 e. The molecule has 6 nitrogen and oxygen atoms in total. The van der Waals surface area contributed by atoms with E-state index in [0.29, 0.717) is 16.9 Å². The molecule has 0 aliphatic carbocycles. The van der Waals surface area contributed by atoms with Crippen LogP contribution in [0, 0.1) is 4.77 Å². The summed E-state index contributed by atoms with van der Waals surface area (Å²) in [7, 11) is 1.62. The Morgan fingerprint density at radius 2 is 1.93 bits per heavy atom. The average molecular weight is 414 g/mol. The number of fused-ring (bicyclic) bond motifs is 5. The Morgan fingerprint density at radius 1 is 1.13 bits per heavy atom. The highest BCUT2D eigenvalue weighted by Crippen LogP contribution is 2.24. The lowest BCUT2D eigenvalue weighted by atomic mass is 10.1. The van der Waals surface area contributed by atoms with E-state index >= 15 is 0 Å². The summed E-state index contributed by atoms with van der Waals surface area (Å²) in [6, 6.07) is 21.0. The van der Waals surface area contributed by atoms with Crippen molar-refractivity contribution in [1.82, 2.24) is 19.7 Å². The molecule has 148 valence electrons. The van der Waals surface area contributed by atoms with E-state index in [0.717, 1.165) is 38.9 Å². The van der Waals surface area contributed by atoms with Crippen LogP contribution in [0.1, 0.15) is 15.9 Å². The number of carbonyl (C=O) groups is 1. The molecule has 1 amide bonds. The molecule has 5 aromatic rings. The van der Waals surface area contributed by atoms with Gasteiger partial charge in [-0.15, -0.1) is 0 Å². The van der Waals surface area contributed by atoms with E-state index in [1.165, 1.54) is 0 Å². The molecule has 0 fully saturated rings. The third-order valence-corrected chi connectivity index (χ3v) is 5.44. The first-order chi connectivity index (χ1) is 14.7. The Hall–Kier alpha value is -3.71. The van der Waals surface area contributed by atoms with Crippen molar-refractivity contribution in [3.05, 3.63) is 82.6 Å². The highest BCUT2D eigenvalue weighted by atomic mass is 32.1. The van der Waals surface area contributed by atoms with Gasteiger partial charge in [-0.2, -0.15) is 0 Å². The van der Waals surface area contributed by atoms with Gasteiger partial charge in [-0.05, 0) is 48.6 Å². The Kier molecular flexibility index (Phi) is 4.44. The van der Waals surface area contributed by atoms with Crippen molar-refractivity contribution >= 4 is 45.7 Å². The zero-order valence-corrected chi connectivity index (χ0v) is 17.0. The van der Waals surface area contributed by atoms with E-state index in [-0.39, 0.29) is 5.91 Å². The molecule has 7 heteroatoms. The van der Waals surface area contributed by atoms with Crippen LogP contribution in [-0.4, -0.2) is 27.4 Å². The van der Waals surface area contributed by atoms with Gasteiger partial charge in [-0.25, -0.2) is 4.98 Å². The number of methoxy groups -OCH3 is 1. The summed E-state index contributed by atoms with van der Waals surface area (Å²) in [5, 5.41) is 3.85. The van der Waals surface area contributed by atoms with Crippen LogP contribution in [0.4, 0.5) is 0 Å². The minimum absolute atomic E-state index is 0.171. The molecule has 0 radical (unpaired) electrons. The van der Waals surface area contributed by atoms with Gasteiger partial charge in [0.25, 0.3) is 5.91 Å². The summed E-state index contributed by atoms with van der Waals surface area (Å²) < 4.78 is 7.81. The van der Waals surface area contributed by atoms with E-state index in [1.54, 1.807) is 13.2 Å². The van der Waals surface area contributed by atoms with Crippen LogP contribution in [0.2, 0.25) is 0 Å². The van der Waals surface area contributed by atoms with Crippen molar-refractivity contribution in [1.29, 1.82) is 0 Å². The Balaban J connectivity index is 1.51. The number of nitrogens with one attached hydrogen (secondary N) is 2. The molecule has 0 aliphatic heterocycles. The van der Waals surface area contributed by atoms with Gasteiger partial charge in [0.1, 0.15) is 11.4 Å². The van der Waals surface area contributed by atoms with Crippen molar-refractivity contribution in [2.45, 2.75) is 6.54 Å². The lowest BCUT2D eigenvalue weighted by molar-refractivity contribution is 0.0951. The van der Waals surface area contributed by atoms with Crippen LogP contribution in [0.25, 0.3) is 27.6 Å². The number of H-pyrrole nitrogens is 1. The normalized spacial score (nSPS) is 11.2. The maximum atomic E-state index is 12.7. The predicted molar refractivity (Wildman–Crippen MR) is 120 cm³/mol. The average Bonchev–Trinajstić information content (AvgIpc) is 3.17. The molecule has 0 saturated heterocycles. The Bertz CT molecular complexity index is 1490. The monoisotopic (exact) mass is 414 g/mol.